The first-order valence-electron chi connectivity index (χ1n) is 12.5. The molecule has 0 aromatic heterocycles. The van der Waals surface area contributed by atoms with E-state index in [-0.39, 0.29) is 30.7 Å². The molecule has 2 fully saturated rings. The zero-order valence-corrected chi connectivity index (χ0v) is 22.4. The molecule has 1 aliphatic carbocycles. The molecule has 0 radical (unpaired) electrons. The Hall–Kier alpha value is -1.69. The smallest absolute Gasteiger partial charge is 0.158 e. The zero-order chi connectivity index (χ0) is 24.5. The molecule has 1 heterocycles. The summed E-state index contributed by atoms with van der Waals surface area (Å²) in [4.78, 5) is 0. The number of aliphatic hydroxyl groups is 1. The van der Waals surface area contributed by atoms with Gasteiger partial charge in [-0.05, 0) is 54.8 Å². The van der Waals surface area contributed by atoms with Crippen molar-refractivity contribution < 1.29 is 14.6 Å². The molecule has 1 unspecified atom stereocenters. The van der Waals surface area contributed by atoms with Gasteiger partial charge in [-0.1, -0.05) is 94.9 Å². The number of hydrogen-bond acceptors (Lipinski definition) is 4. The van der Waals surface area contributed by atoms with Crippen molar-refractivity contribution in [2.45, 2.75) is 65.1 Å². The van der Waals surface area contributed by atoms with Gasteiger partial charge in [0.1, 0.15) is 0 Å². The van der Waals surface area contributed by atoms with Crippen LogP contribution in [0.3, 0.4) is 0 Å². The topological polar surface area (TPSA) is 64.7 Å². The van der Waals surface area contributed by atoms with Crippen molar-refractivity contribution in [1.82, 2.24) is 0 Å². The summed E-state index contributed by atoms with van der Waals surface area (Å²) in [5, 5.41) is 9.36. The maximum absolute atomic E-state index is 9.36. The summed E-state index contributed by atoms with van der Waals surface area (Å²) in [6.45, 7) is 14.3. The van der Waals surface area contributed by atoms with Crippen LogP contribution in [0.15, 0.2) is 67.2 Å². The van der Waals surface area contributed by atoms with Gasteiger partial charge in [0, 0.05) is 12.0 Å². The molecule has 3 atom stereocenters. The number of nitrogens with two attached hydrogens (primary N) is 1. The minimum Gasteiger partial charge on any atom is -0.395 e. The largest absolute Gasteiger partial charge is 0.395 e. The van der Waals surface area contributed by atoms with E-state index in [4.69, 9.17) is 15.2 Å². The normalized spacial score (nSPS) is 22.2. The van der Waals surface area contributed by atoms with E-state index in [9.17, 15) is 5.11 Å². The summed E-state index contributed by atoms with van der Waals surface area (Å²) in [6, 6.07) is 20.3. The van der Waals surface area contributed by atoms with Crippen LogP contribution in [0.1, 0.15) is 64.5 Å². The first kappa shape index (κ1) is 32.3. The van der Waals surface area contributed by atoms with Crippen LogP contribution in [0.25, 0.3) is 5.57 Å². The summed E-state index contributed by atoms with van der Waals surface area (Å²) in [5.41, 5.74) is 8.97. The first-order valence-corrected chi connectivity index (χ1v) is 12.5. The Morgan fingerprint density at radius 1 is 1.03 bits per heavy atom. The Kier molecular flexibility index (Phi) is 17.7. The number of rotatable bonds is 7. The standard InChI is InChI=1S/C14H18O2.C11H15NO.2C2H6.ClH/c1-12(13-7-3-2-4-8-13)11-16-14-9-5-6-10-15-14;12-7-10-6-11(10,8-13)9-4-2-1-3-5-9;2*1-2;/h2-4,7-8,14H,1,5-6,9-11H2;1-5,10,13H,6-8,12H2;2*1-2H3;1H/t;10-,11+;;;/m.1.../s1. The van der Waals surface area contributed by atoms with E-state index in [0.29, 0.717) is 19.1 Å². The predicted molar refractivity (Wildman–Crippen MR) is 147 cm³/mol. The highest BCUT2D eigenvalue weighted by Gasteiger charge is 2.53. The Bertz CT molecular complexity index is 750. The SMILES string of the molecule is C=C(COC1CCCCO1)c1ccccc1.CC.CC.Cl.NC[C@H]1C[C@]1(CO)c1ccccc1. The van der Waals surface area contributed by atoms with Crippen LogP contribution in [0, 0.1) is 5.92 Å². The van der Waals surface area contributed by atoms with Gasteiger partial charge in [0.2, 0.25) is 0 Å². The van der Waals surface area contributed by atoms with Gasteiger partial charge in [0.15, 0.2) is 6.29 Å². The van der Waals surface area contributed by atoms with Crippen molar-refractivity contribution in [3.63, 3.8) is 0 Å². The molecule has 192 valence electrons. The lowest BCUT2D eigenvalue weighted by molar-refractivity contribution is -0.154. The highest BCUT2D eigenvalue weighted by molar-refractivity contribution is 5.85. The van der Waals surface area contributed by atoms with Gasteiger partial charge in [0.25, 0.3) is 0 Å². The molecular weight excluding hydrogens is 446 g/mol. The van der Waals surface area contributed by atoms with Crippen LogP contribution in [-0.4, -0.2) is 37.8 Å². The molecule has 0 amide bonds. The number of ether oxygens (including phenoxy) is 2. The van der Waals surface area contributed by atoms with Gasteiger partial charge in [-0.15, -0.1) is 12.4 Å². The molecule has 2 aliphatic rings. The lowest BCUT2D eigenvalue weighted by Gasteiger charge is -2.23. The highest BCUT2D eigenvalue weighted by atomic mass is 35.5. The van der Waals surface area contributed by atoms with Crippen molar-refractivity contribution in [2.24, 2.45) is 11.7 Å². The molecule has 1 saturated carbocycles. The van der Waals surface area contributed by atoms with E-state index in [1.54, 1.807) is 0 Å². The van der Waals surface area contributed by atoms with Gasteiger partial charge in [-0.3, -0.25) is 0 Å². The van der Waals surface area contributed by atoms with Crippen molar-refractivity contribution in [1.29, 1.82) is 0 Å². The van der Waals surface area contributed by atoms with Crippen molar-refractivity contribution in [3.8, 4) is 0 Å². The molecule has 4 rings (SSSR count). The summed E-state index contributed by atoms with van der Waals surface area (Å²) >= 11 is 0. The molecule has 2 aromatic carbocycles. The van der Waals surface area contributed by atoms with Crippen LogP contribution in [-0.2, 0) is 14.9 Å². The van der Waals surface area contributed by atoms with E-state index in [0.717, 1.165) is 37.0 Å². The van der Waals surface area contributed by atoms with E-state index in [1.165, 1.54) is 12.0 Å². The van der Waals surface area contributed by atoms with E-state index < -0.39 is 0 Å². The molecule has 2 aromatic rings. The van der Waals surface area contributed by atoms with Crippen molar-refractivity contribution in [3.05, 3.63) is 78.4 Å². The molecule has 1 saturated heterocycles. The van der Waals surface area contributed by atoms with Gasteiger partial charge in [-0.25, -0.2) is 0 Å². The average molecular weight is 492 g/mol. The number of benzene rings is 2. The van der Waals surface area contributed by atoms with Gasteiger partial charge in [-0.2, -0.15) is 0 Å². The minimum absolute atomic E-state index is 0. The lowest BCUT2D eigenvalue weighted by Crippen LogP contribution is -2.22. The van der Waals surface area contributed by atoms with E-state index in [1.807, 2.05) is 76.2 Å². The molecular formula is C29H46ClNO3. The molecule has 4 nitrogen and oxygen atoms in total. The van der Waals surface area contributed by atoms with Gasteiger partial charge < -0.3 is 20.3 Å². The Labute approximate surface area is 214 Å². The predicted octanol–water partition coefficient (Wildman–Crippen LogP) is 6.61. The third-order valence-electron chi connectivity index (χ3n) is 5.91. The summed E-state index contributed by atoms with van der Waals surface area (Å²) in [5.74, 6) is 0.472. The van der Waals surface area contributed by atoms with Crippen LogP contribution in [0.2, 0.25) is 0 Å². The highest BCUT2D eigenvalue weighted by Crippen LogP contribution is 2.53. The number of halogens is 1. The van der Waals surface area contributed by atoms with Crippen molar-refractivity contribution >= 4 is 18.0 Å². The Morgan fingerprint density at radius 3 is 2.09 bits per heavy atom. The number of aliphatic hydroxyl groups excluding tert-OH is 1. The monoisotopic (exact) mass is 491 g/mol. The fourth-order valence-electron chi connectivity index (χ4n) is 3.89. The Morgan fingerprint density at radius 2 is 1.62 bits per heavy atom. The molecule has 34 heavy (non-hydrogen) atoms. The maximum Gasteiger partial charge on any atom is 0.158 e. The second kappa shape index (κ2) is 18.6. The fraction of sp³-hybridized carbons (Fsp3) is 0.517. The first-order chi connectivity index (χ1) is 16.2. The van der Waals surface area contributed by atoms with Gasteiger partial charge in [0.05, 0.1) is 13.2 Å². The summed E-state index contributed by atoms with van der Waals surface area (Å²) in [7, 11) is 0. The summed E-state index contributed by atoms with van der Waals surface area (Å²) in [6.07, 6.45) is 4.35. The van der Waals surface area contributed by atoms with E-state index in [2.05, 4.69) is 18.7 Å². The third kappa shape index (κ3) is 9.89. The van der Waals surface area contributed by atoms with E-state index >= 15 is 0 Å². The maximum atomic E-state index is 9.36. The summed E-state index contributed by atoms with van der Waals surface area (Å²) < 4.78 is 11.2. The number of hydrogen-bond donors (Lipinski definition) is 2. The second-order valence-electron chi connectivity index (χ2n) is 7.89. The van der Waals surface area contributed by atoms with Crippen molar-refractivity contribution in [2.75, 3.05) is 26.4 Å². The molecule has 0 spiro atoms. The Balaban J connectivity index is 0.000000552. The zero-order valence-electron chi connectivity index (χ0n) is 21.5. The molecule has 5 heteroatoms. The quantitative estimate of drug-likeness (QED) is 0.457. The van der Waals surface area contributed by atoms with Gasteiger partial charge >= 0.3 is 0 Å². The second-order valence-corrected chi connectivity index (χ2v) is 7.89. The average Bonchev–Trinajstić information content (AvgIpc) is 3.67. The lowest BCUT2D eigenvalue weighted by atomic mass is 9.94. The van der Waals surface area contributed by atoms with Crippen LogP contribution in [0.4, 0.5) is 0 Å². The third-order valence-corrected chi connectivity index (χ3v) is 5.91. The molecule has 0 bridgehead atoms. The van der Waals surface area contributed by atoms with Crippen LogP contribution in [0.5, 0.6) is 0 Å². The van der Waals surface area contributed by atoms with Crippen LogP contribution >= 0.6 is 12.4 Å². The van der Waals surface area contributed by atoms with Crippen LogP contribution < -0.4 is 5.73 Å². The minimum atomic E-state index is -0.0331. The fourth-order valence-corrected chi connectivity index (χ4v) is 3.89. The molecule has 3 N–H and O–H groups in total. The molecule has 1 aliphatic heterocycles.